The van der Waals surface area contributed by atoms with Gasteiger partial charge in [0.2, 0.25) is 11.8 Å². The number of fused-ring (bicyclic) bond motifs is 1. The Morgan fingerprint density at radius 2 is 2.20 bits per heavy atom. The Morgan fingerprint density at radius 1 is 1.50 bits per heavy atom. The Hall–Kier alpha value is -1.95. The molecule has 0 fully saturated rings. The minimum Gasteiger partial charge on any atom is -0.393 e. The minimum atomic E-state index is -0.519. The van der Waals surface area contributed by atoms with E-state index in [-0.39, 0.29) is 23.3 Å². The maximum atomic E-state index is 12.6. The van der Waals surface area contributed by atoms with Gasteiger partial charge in [-0.15, -0.1) is 0 Å². The normalized spacial score (nSPS) is 15.2. The lowest BCUT2D eigenvalue weighted by Crippen LogP contribution is -2.47. The SMILES string of the molecule is CCCC(C(=O)N1CC(=O)Nc2ccccc21)C(N)=S. The van der Waals surface area contributed by atoms with Gasteiger partial charge in [-0.05, 0) is 18.6 Å². The molecular weight excluding hydrogens is 274 g/mol. The van der Waals surface area contributed by atoms with Crippen LogP contribution >= 0.6 is 12.2 Å². The van der Waals surface area contributed by atoms with Crippen molar-refractivity contribution < 1.29 is 9.59 Å². The van der Waals surface area contributed by atoms with Gasteiger partial charge < -0.3 is 16.0 Å². The van der Waals surface area contributed by atoms with Crippen molar-refractivity contribution in [1.82, 2.24) is 0 Å². The number of rotatable bonds is 4. The highest BCUT2D eigenvalue weighted by atomic mass is 32.1. The van der Waals surface area contributed by atoms with E-state index in [0.717, 1.165) is 6.42 Å². The van der Waals surface area contributed by atoms with Crippen molar-refractivity contribution in [1.29, 1.82) is 0 Å². The van der Waals surface area contributed by atoms with Crippen molar-refractivity contribution in [3.8, 4) is 0 Å². The summed E-state index contributed by atoms with van der Waals surface area (Å²) in [5.74, 6) is -0.939. The number of nitrogens with one attached hydrogen (secondary N) is 1. The third kappa shape index (κ3) is 2.80. The molecule has 0 spiro atoms. The highest BCUT2D eigenvalue weighted by molar-refractivity contribution is 7.80. The first-order chi connectivity index (χ1) is 9.54. The lowest BCUT2D eigenvalue weighted by atomic mass is 10.0. The van der Waals surface area contributed by atoms with Crippen molar-refractivity contribution in [2.24, 2.45) is 11.7 Å². The molecule has 1 heterocycles. The van der Waals surface area contributed by atoms with E-state index in [1.165, 1.54) is 4.90 Å². The summed E-state index contributed by atoms with van der Waals surface area (Å²) in [5, 5.41) is 2.75. The summed E-state index contributed by atoms with van der Waals surface area (Å²) in [6, 6.07) is 7.20. The molecule has 1 aliphatic heterocycles. The second-order valence-electron chi connectivity index (χ2n) is 4.73. The largest absolute Gasteiger partial charge is 0.393 e. The molecule has 0 saturated heterocycles. The molecule has 1 atom stereocenters. The average Bonchev–Trinajstić information content (AvgIpc) is 2.42. The van der Waals surface area contributed by atoms with Gasteiger partial charge in [0.1, 0.15) is 6.54 Å². The minimum absolute atomic E-state index is 0.00132. The van der Waals surface area contributed by atoms with Gasteiger partial charge in [-0.1, -0.05) is 37.7 Å². The molecule has 0 aromatic heterocycles. The number of para-hydroxylation sites is 2. The van der Waals surface area contributed by atoms with E-state index in [0.29, 0.717) is 17.8 Å². The van der Waals surface area contributed by atoms with Gasteiger partial charge in [-0.3, -0.25) is 9.59 Å². The van der Waals surface area contributed by atoms with Crippen LogP contribution in [-0.2, 0) is 9.59 Å². The zero-order valence-corrected chi connectivity index (χ0v) is 12.1. The van der Waals surface area contributed by atoms with E-state index in [9.17, 15) is 9.59 Å². The van der Waals surface area contributed by atoms with E-state index < -0.39 is 5.92 Å². The Morgan fingerprint density at radius 3 is 2.85 bits per heavy atom. The Labute approximate surface area is 123 Å². The monoisotopic (exact) mass is 291 g/mol. The molecule has 1 aliphatic rings. The molecule has 6 heteroatoms. The summed E-state index contributed by atoms with van der Waals surface area (Å²) in [6.07, 6.45) is 1.39. The average molecular weight is 291 g/mol. The van der Waals surface area contributed by atoms with E-state index in [1.54, 1.807) is 12.1 Å². The Bertz CT molecular complexity index is 559. The molecule has 0 bridgehead atoms. The number of benzene rings is 1. The molecule has 20 heavy (non-hydrogen) atoms. The fourth-order valence-electron chi connectivity index (χ4n) is 2.29. The van der Waals surface area contributed by atoms with Crippen molar-refractivity contribution in [3.05, 3.63) is 24.3 Å². The summed E-state index contributed by atoms with van der Waals surface area (Å²) in [7, 11) is 0. The van der Waals surface area contributed by atoms with Gasteiger partial charge in [-0.25, -0.2) is 0 Å². The number of hydrogen-bond acceptors (Lipinski definition) is 3. The molecule has 0 saturated carbocycles. The van der Waals surface area contributed by atoms with Crippen LogP contribution in [0.4, 0.5) is 11.4 Å². The molecular formula is C14H17N3O2S. The predicted octanol–water partition coefficient (Wildman–Crippen LogP) is 1.67. The van der Waals surface area contributed by atoms with Gasteiger partial charge in [0.25, 0.3) is 0 Å². The number of thiocarbonyl (C=S) groups is 1. The summed E-state index contributed by atoms with van der Waals surface area (Å²) < 4.78 is 0. The number of nitrogens with two attached hydrogens (primary N) is 1. The number of amides is 2. The first kappa shape index (κ1) is 14.5. The van der Waals surface area contributed by atoms with Crippen LogP contribution in [0.5, 0.6) is 0 Å². The number of anilines is 2. The van der Waals surface area contributed by atoms with Crippen LogP contribution in [0.1, 0.15) is 19.8 Å². The van der Waals surface area contributed by atoms with E-state index in [1.807, 2.05) is 19.1 Å². The van der Waals surface area contributed by atoms with E-state index in [4.69, 9.17) is 18.0 Å². The third-order valence-electron chi connectivity index (χ3n) is 3.26. The number of hydrogen-bond donors (Lipinski definition) is 2. The molecule has 5 nitrogen and oxygen atoms in total. The fraction of sp³-hybridized carbons (Fsp3) is 0.357. The summed E-state index contributed by atoms with van der Waals surface area (Å²) in [5.41, 5.74) is 6.99. The van der Waals surface area contributed by atoms with Crippen LogP contribution in [0.2, 0.25) is 0 Å². The highest BCUT2D eigenvalue weighted by Crippen LogP contribution is 2.30. The standard InChI is InChI=1S/C14H17N3O2S/c1-2-5-9(13(15)20)14(19)17-8-12(18)16-10-6-3-4-7-11(10)17/h3-4,6-7,9H,2,5,8H2,1H3,(H2,15,20)(H,16,18). The zero-order chi connectivity index (χ0) is 14.7. The molecule has 1 aromatic rings. The number of nitrogens with zero attached hydrogens (tertiary/aromatic N) is 1. The quantitative estimate of drug-likeness (QED) is 0.828. The van der Waals surface area contributed by atoms with Crippen molar-refractivity contribution >= 4 is 40.4 Å². The van der Waals surface area contributed by atoms with Gasteiger partial charge in [0, 0.05) is 0 Å². The molecule has 0 radical (unpaired) electrons. The first-order valence-corrected chi connectivity index (χ1v) is 6.95. The topological polar surface area (TPSA) is 75.4 Å². The van der Waals surface area contributed by atoms with Crippen LogP contribution in [0.25, 0.3) is 0 Å². The Balaban J connectivity index is 2.34. The number of carbonyl (C=O) groups is 2. The second-order valence-corrected chi connectivity index (χ2v) is 5.20. The molecule has 1 unspecified atom stereocenters. The van der Waals surface area contributed by atoms with Gasteiger partial charge >= 0.3 is 0 Å². The van der Waals surface area contributed by atoms with E-state index in [2.05, 4.69) is 5.32 Å². The summed E-state index contributed by atoms with van der Waals surface area (Å²) in [6.45, 7) is 1.97. The molecule has 1 aromatic carbocycles. The summed E-state index contributed by atoms with van der Waals surface area (Å²) in [4.78, 5) is 26.0. The van der Waals surface area contributed by atoms with Crippen LogP contribution in [0.15, 0.2) is 24.3 Å². The third-order valence-corrected chi connectivity index (χ3v) is 3.54. The predicted molar refractivity (Wildman–Crippen MR) is 82.6 cm³/mol. The van der Waals surface area contributed by atoms with Gasteiger partial charge in [0.15, 0.2) is 0 Å². The lowest BCUT2D eigenvalue weighted by molar-refractivity contribution is -0.123. The van der Waals surface area contributed by atoms with Gasteiger partial charge in [0.05, 0.1) is 22.3 Å². The zero-order valence-electron chi connectivity index (χ0n) is 11.3. The lowest BCUT2D eigenvalue weighted by Gasteiger charge is -2.31. The fourth-order valence-corrected chi connectivity index (χ4v) is 2.51. The van der Waals surface area contributed by atoms with Crippen molar-refractivity contribution in [3.63, 3.8) is 0 Å². The first-order valence-electron chi connectivity index (χ1n) is 6.54. The highest BCUT2D eigenvalue weighted by Gasteiger charge is 2.32. The molecule has 2 amide bonds. The number of carbonyl (C=O) groups excluding carboxylic acids is 2. The van der Waals surface area contributed by atoms with Crippen molar-refractivity contribution in [2.45, 2.75) is 19.8 Å². The molecule has 0 aliphatic carbocycles. The maximum absolute atomic E-state index is 12.6. The van der Waals surface area contributed by atoms with Crippen LogP contribution < -0.4 is 16.0 Å². The molecule has 3 N–H and O–H groups in total. The molecule has 2 rings (SSSR count). The van der Waals surface area contributed by atoms with Crippen LogP contribution in [0.3, 0.4) is 0 Å². The van der Waals surface area contributed by atoms with Gasteiger partial charge in [-0.2, -0.15) is 0 Å². The molecule has 106 valence electrons. The smallest absolute Gasteiger partial charge is 0.244 e. The second kappa shape index (κ2) is 6.00. The van der Waals surface area contributed by atoms with Crippen LogP contribution in [-0.4, -0.2) is 23.3 Å². The van der Waals surface area contributed by atoms with Crippen LogP contribution in [0, 0.1) is 5.92 Å². The maximum Gasteiger partial charge on any atom is 0.244 e. The van der Waals surface area contributed by atoms with Crippen molar-refractivity contribution in [2.75, 3.05) is 16.8 Å². The summed E-state index contributed by atoms with van der Waals surface area (Å²) >= 11 is 4.99. The van der Waals surface area contributed by atoms with E-state index >= 15 is 0 Å². The Kier molecular flexibility index (Phi) is 4.34.